The molecule has 100 valence electrons. The van der Waals surface area contributed by atoms with Gasteiger partial charge in [0.2, 0.25) is 0 Å². The molecule has 0 spiro atoms. The van der Waals surface area contributed by atoms with Crippen LogP contribution in [0.3, 0.4) is 0 Å². The first-order valence-electron chi connectivity index (χ1n) is 6.93. The largest absolute Gasteiger partial charge is 0.375 e. The first kappa shape index (κ1) is 13.6. The molecule has 1 aliphatic heterocycles. The molecule has 0 saturated carbocycles. The summed E-state index contributed by atoms with van der Waals surface area (Å²) < 4.78 is 5.77. The maximum atomic E-state index is 5.77. The Hall–Kier alpha value is -0.860. The van der Waals surface area contributed by atoms with Crippen LogP contribution in [0.25, 0.3) is 0 Å². The van der Waals surface area contributed by atoms with Crippen molar-refractivity contribution in [1.82, 2.24) is 5.32 Å². The third kappa shape index (κ3) is 3.33. The summed E-state index contributed by atoms with van der Waals surface area (Å²) in [6.07, 6.45) is 2.20. The first-order chi connectivity index (χ1) is 8.48. The zero-order chi connectivity index (χ0) is 13.2. The second-order valence-electron chi connectivity index (χ2n) is 6.04. The van der Waals surface area contributed by atoms with Crippen LogP contribution >= 0.6 is 0 Å². The van der Waals surface area contributed by atoms with E-state index in [-0.39, 0.29) is 5.60 Å². The van der Waals surface area contributed by atoms with Crippen molar-refractivity contribution in [2.24, 2.45) is 0 Å². The molecule has 1 unspecified atom stereocenters. The lowest BCUT2D eigenvalue weighted by Crippen LogP contribution is -2.44. The molecule has 0 bridgehead atoms. The Labute approximate surface area is 111 Å². The van der Waals surface area contributed by atoms with Gasteiger partial charge in [-0.3, -0.25) is 0 Å². The van der Waals surface area contributed by atoms with Crippen molar-refractivity contribution in [3.63, 3.8) is 0 Å². The molecule has 1 N–H and O–H groups in total. The molecule has 0 amide bonds. The average molecular weight is 247 g/mol. The van der Waals surface area contributed by atoms with Crippen molar-refractivity contribution in [1.29, 1.82) is 0 Å². The number of benzene rings is 1. The van der Waals surface area contributed by atoms with Crippen LogP contribution in [0, 0.1) is 6.92 Å². The van der Waals surface area contributed by atoms with E-state index in [1.807, 2.05) is 0 Å². The summed E-state index contributed by atoms with van der Waals surface area (Å²) in [4.78, 5) is 0. The van der Waals surface area contributed by atoms with Crippen LogP contribution < -0.4 is 5.32 Å². The minimum atomic E-state index is 0.0152. The minimum absolute atomic E-state index is 0.0152. The molecule has 2 rings (SSSR count). The molecule has 0 aliphatic carbocycles. The fraction of sp³-hybridized carbons (Fsp3) is 0.625. The van der Waals surface area contributed by atoms with Gasteiger partial charge < -0.3 is 10.1 Å². The second-order valence-corrected chi connectivity index (χ2v) is 6.04. The molecule has 18 heavy (non-hydrogen) atoms. The Morgan fingerprint density at radius 2 is 2.06 bits per heavy atom. The number of ether oxygens (including phenoxy) is 1. The monoisotopic (exact) mass is 247 g/mol. The van der Waals surface area contributed by atoms with E-state index in [0.717, 1.165) is 19.4 Å². The highest BCUT2D eigenvalue weighted by Crippen LogP contribution is 2.26. The fourth-order valence-corrected chi connectivity index (χ4v) is 2.89. The molecule has 1 aromatic carbocycles. The van der Waals surface area contributed by atoms with E-state index in [2.05, 4.69) is 57.3 Å². The lowest BCUT2D eigenvalue weighted by molar-refractivity contribution is -0.0640. The highest BCUT2D eigenvalue weighted by atomic mass is 16.5. The van der Waals surface area contributed by atoms with E-state index in [1.165, 1.54) is 11.1 Å². The van der Waals surface area contributed by atoms with E-state index in [0.29, 0.717) is 12.1 Å². The van der Waals surface area contributed by atoms with E-state index in [4.69, 9.17) is 4.74 Å². The van der Waals surface area contributed by atoms with E-state index in [9.17, 15) is 0 Å². The Balaban J connectivity index is 1.99. The van der Waals surface area contributed by atoms with Gasteiger partial charge in [0.1, 0.15) is 0 Å². The van der Waals surface area contributed by atoms with E-state index < -0.39 is 0 Å². The molecule has 2 nitrogen and oxygen atoms in total. The van der Waals surface area contributed by atoms with Gasteiger partial charge >= 0.3 is 0 Å². The van der Waals surface area contributed by atoms with Gasteiger partial charge in [0.05, 0.1) is 5.60 Å². The maximum Gasteiger partial charge on any atom is 0.0641 e. The molecule has 0 aromatic heterocycles. The summed E-state index contributed by atoms with van der Waals surface area (Å²) in [6, 6.07) is 9.59. The van der Waals surface area contributed by atoms with E-state index >= 15 is 0 Å². The van der Waals surface area contributed by atoms with Gasteiger partial charge in [-0.2, -0.15) is 0 Å². The van der Waals surface area contributed by atoms with Crippen molar-refractivity contribution in [3.8, 4) is 0 Å². The van der Waals surface area contributed by atoms with Crippen molar-refractivity contribution >= 4 is 0 Å². The number of aryl methyl sites for hydroxylation is 1. The number of hydrogen-bond donors (Lipinski definition) is 1. The standard InChI is InChI=1S/C16H25NO/c1-12-7-5-6-8-15(12)13(2)17-14-9-10-18-16(3,4)11-14/h5-8,13-14,17H,9-11H2,1-4H3/t13-,14?/m0/s1. The Morgan fingerprint density at radius 3 is 2.72 bits per heavy atom. The van der Waals surface area contributed by atoms with Crippen LogP contribution in [-0.4, -0.2) is 18.2 Å². The summed E-state index contributed by atoms with van der Waals surface area (Å²) in [6.45, 7) is 9.66. The zero-order valence-corrected chi connectivity index (χ0v) is 12.0. The van der Waals surface area contributed by atoms with Crippen molar-refractivity contribution in [2.75, 3.05) is 6.61 Å². The third-order valence-electron chi connectivity index (χ3n) is 3.84. The highest BCUT2D eigenvalue weighted by molar-refractivity contribution is 5.28. The lowest BCUT2D eigenvalue weighted by Gasteiger charge is -2.37. The van der Waals surface area contributed by atoms with Gasteiger partial charge in [-0.05, 0) is 51.7 Å². The summed E-state index contributed by atoms with van der Waals surface area (Å²) in [5.74, 6) is 0. The van der Waals surface area contributed by atoms with Gasteiger partial charge in [0.25, 0.3) is 0 Å². The quantitative estimate of drug-likeness (QED) is 0.881. The lowest BCUT2D eigenvalue weighted by atomic mass is 9.92. The SMILES string of the molecule is Cc1ccccc1[C@H](C)NC1CCOC(C)(C)C1. The molecule has 2 heteroatoms. The molecule has 1 saturated heterocycles. The topological polar surface area (TPSA) is 21.3 Å². The molecular weight excluding hydrogens is 222 g/mol. The molecular formula is C16H25NO. The normalized spacial score (nSPS) is 24.8. The first-order valence-corrected chi connectivity index (χ1v) is 6.93. The Kier molecular flexibility index (Phi) is 4.08. The number of hydrogen-bond acceptors (Lipinski definition) is 2. The smallest absolute Gasteiger partial charge is 0.0641 e. The summed E-state index contributed by atoms with van der Waals surface area (Å²) in [7, 11) is 0. The molecule has 1 aromatic rings. The van der Waals surface area contributed by atoms with Gasteiger partial charge in [-0.25, -0.2) is 0 Å². The Morgan fingerprint density at radius 1 is 1.33 bits per heavy atom. The van der Waals surface area contributed by atoms with Crippen molar-refractivity contribution in [3.05, 3.63) is 35.4 Å². The number of rotatable bonds is 3. The highest BCUT2D eigenvalue weighted by Gasteiger charge is 2.29. The van der Waals surface area contributed by atoms with Crippen LogP contribution in [-0.2, 0) is 4.74 Å². The van der Waals surface area contributed by atoms with Gasteiger partial charge in [-0.1, -0.05) is 24.3 Å². The summed E-state index contributed by atoms with van der Waals surface area (Å²) >= 11 is 0. The zero-order valence-electron chi connectivity index (χ0n) is 12.0. The molecule has 1 aliphatic rings. The molecule has 2 atom stereocenters. The van der Waals surface area contributed by atoms with Crippen LogP contribution in [0.15, 0.2) is 24.3 Å². The fourth-order valence-electron chi connectivity index (χ4n) is 2.89. The van der Waals surface area contributed by atoms with Crippen LogP contribution in [0.2, 0.25) is 0 Å². The minimum Gasteiger partial charge on any atom is -0.375 e. The predicted octanol–water partition coefficient (Wildman–Crippen LogP) is 3.60. The van der Waals surface area contributed by atoms with Crippen molar-refractivity contribution < 1.29 is 4.74 Å². The van der Waals surface area contributed by atoms with Gasteiger partial charge in [0.15, 0.2) is 0 Å². The van der Waals surface area contributed by atoms with Crippen LogP contribution in [0.4, 0.5) is 0 Å². The third-order valence-corrected chi connectivity index (χ3v) is 3.84. The molecule has 1 heterocycles. The average Bonchev–Trinajstić information content (AvgIpc) is 2.28. The second kappa shape index (κ2) is 5.41. The maximum absolute atomic E-state index is 5.77. The summed E-state index contributed by atoms with van der Waals surface area (Å²) in [5.41, 5.74) is 2.78. The van der Waals surface area contributed by atoms with Crippen molar-refractivity contribution in [2.45, 2.75) is 58.2 Å². The Bertz CT molecular complexity index is 400. The number of nitrogens with one attached hydrogen (secondary N) is 1. The van der Waals surface area contributed by atoms with Crippen LogP contribution in [0.1, 0.15) is 50.8 Å². The van der Waals surface area contributed by atoms with Gasteiger partial charge in [0, 0.05) is 18.7 Å². The van der Waals surface area contributed by atoms with Crippen LogP contribution in [0.5, 0.6) is 0 Å². The van der Waals surface area contributed by atoms with Gasteiger partial charge in [-0.15, -0.1) is 0 Å². The molecule has 1 fully saturated rings. The molecule has 0 radical (unpaired) electrons. The van der Waals surface area contributed by atoms with E-state index in [1.54, 1.807) is 0 Å². The predicted molar refractivity (Wildman–Crippen MR) is 75.8 cm³/mol. The summed E-state index contributed by atoms with van der Waals surface area (Å²) in [5, 5.41) is 3.75.